The van der Waals surface area contributed by atoms with Crippen LogP contribution in [0.25, 0.3) is 0 Å². The van der Waals surface area contributed by atoms with E-state index in [2.05, 4.69) is 10.6 Å². The Labute approximate surface area is 127 Å². The lowest BCUT2D eigenvalue weighted by Crippen LogP contribution is -2.46. The highest BCUT2D eigenvalue weighted by molar-refractivity contribution is 6.35. The molecule has 0 saturated carbocycles. The van der Waals surface area contributed by atoms with Gasteiger partial charge in [0.05, 0.1) is 0 Å². The van der Waals surface area contributed by atoms with E-state index < -0.39 is 18.0 Å². The van der Waals surface area contributed by atoms with Crippen molar-refractivity contribution in [3.8, 4) is 0 Å². The Hall–Kier alpha value is -1.46. The predicted octanol–water partition coefficient (Wildman–Crippen LogP) is 2.70. The van der Waals surface area contributed by atoms with E-state index in [9.17, 15) is 9.59 Å². The van der Waals surface area contributed by atoms with Crippen LogP contribution in [-0.2, 0) is 11.2 Å². The lowest BCUT2D eigenvalue weighted by atomic mass is 10.1. The molecule has 0 bridgehead atoms. The minimum Gasteiger partial charge on any atom is -0.480 e. The van der Waals surface area contributed by atoms with E-state index in [1.165, 1.54) is 0 Å². The zero-order valence-corrected chi connectivity index (χ0v) is 12.5. The van der Waals surface area contributed by atoms with Gasteiger partial charge >= 0.3 is 12.0 Å². The van der Waals surface area contributed by atoms with Crippen LogP contribution in [0.5, 0.6) is 0 Å². The van der Waals surface area contributed by atoms with Gasteiger partial charge in [0.2, 0.25) is 0 Å². The van der Waals surface area contributed by atoms with Gasteiger partial charge in [-0.15, -0.1) is 0 Å². The normalized spacial score (nSPS) is 11.8. The highest BCUT2D eigenvalue weighted by Gasteiger charge is 2.16. The molecule has 0 heterocycles. The second kappa shape index (κ2) is 7.97. The number of carboxylic acid groups (broad SMARTS) is 1. The third kappa shape index (κ3) is 5.27. The Balaban J connectivity index is 2.40. The van der Waals surface area contributed by atoms with E-state index in [0.717, 1.165) is 5.56 Å². The number of nitrogens with one attached hydrogen (secondary N) is 2. The highest BCUT2D eigenvalue weighted by atomic mass is 35.5. The SMILES string of the molecule is CC[C@@H](NC(=O)NCCc1ccc(Cl)cc1Cl)C(=O)O. The molecule has 0 unspecified atom stereocenters. The summed E-state index contributed by atoms with van der Waals surface area (Å²) in [6.45, 7) is 2.04. The van der Waals surface area contributed by atoms with Crippen molar-refractivity contribution in [3.63, 3.8) is 0 Å². The van der Waals surface area contributed by atoms with E-state index in [4.69, 9.17) is 28.3 Å². The molecule has 1 aromatic carbocycles. The molecule has 7 heteroatoms. The van der Waals surface area contributed by atoms with Crippen LogP contribution in [0.4, 0.5) is 4.79 Å². The number of aliphatic carboxylic acids is 1. The number of urea groups is 1. The van der Waals surface area contributed by atoms with Crippen molar-refractivity contribution >= 4 is 35.2 Å². The van der Waals surface area contributed by atoms with Crippen molar-refractivity contribution in [1.29, 1.82) is 0 Å². The molecule has 1 aromatic rings. The molecular weight excluding hydrogens is 303 g/mol. The summed E-state index contributed by atoms with van der Waals surface area (Å²) in [5, 5.41) is 14.9. The highest BCUT2D eigenvalue weighted by Crippen LogP contribution is 2.20. The van der Waals surface area contributed by atoms with Crippen molar-refractivity contribution in [2.75, 3.05) is 6.54 Å². The Morgan fingerprint density at radius 1 is 1.35 bits per heavy atom. The van der Waals surface area contributed by atoms with E-state index >= 15 is 0 Å². The van der Waals surface area contributed by atoms with Gasteiger partial charge in [-0.2, -0.15) is 0 Å². The number of carbonyl (C=O) groups is 2. The van der Waals surface area contributed by atoms with E-state index in [-0.39, 0.29) is 0 Å². The quantitative estimate of drug-likeness (QED) is 0.754. The molecule has 20 heavy (non-hydrogen) atoms. The molecule has 1 rings (SSSR count). The molecule has 110 valence electrons. The average molecular weight is 319 g/mol. The maximum atomic E-state index is 11.5. The molecule has 0 radical (unpaired) electrons. The molecule has 0 aliphatic heterocycles. The van der Waals surface area contributed by atoms with Crippen molar-refractivity contribution in [2.45, 2.75) is 25.8 Å². The summed E-state index contributed by atoms with van der Waals surface area (Å²) >= 11 is 11.8. The van der Waals surface area contributed by atoms with Gasteiger partial charge in [0, 0.05) is 16.6 Å². The summed E-state index contributed by atoms with van der Waals surface area (Å²) in [4.78, 5) is 22.3. The molecule has 0 aromatic heterocycles. The number of amides is 2. The summed E-state index contributed by atoms with van der Waals surface area (Å²) in [6, 6.07) is 3.76. The number of hydrogen-bond donors (Lipinski definition) is 3. The second-order valence-corrected chi connectivity index (χ2v) is 5.03. The maximum absolute atomic E-state index is 11.5. The summed E-state index contributed by atoms with van der Waals surface area (Å²) in [5.41, 5.74) is 0.863. The first-order valence-corrected chi connectivity index (χ1v) is 6.90. The first kappa shape index (κ1) is 16.6. The van der Waals surface area contributed by atoms with Crippen LogP contribution in [0.2, 0.25) is 10.0 Å². The Morgan fingerprint density at radius 3 is 2.60 bits per heavy atom. The fourth-order valence-electron chi connectivity index (χ4n) is 1.58. The van der Waals surface area contributed by atoms with Crippen molar-refractivity contribution in [3.05, 3.63) is 33.8 Å². The van der Waals surface area contributed by atoms with Gasteiger partial charge in [-0.3, -0.25) is 0 Å². The maximum Gasteiger partial charge on any atom is 0.326 e. The fourth-order valence-corrected chi connectivity index (χ4v) is 2.09. The van der Waals surface area contributed by atoms with Crippen molar-refractivity contribution in [1.82, 2.24) is 10.6 Å². The number of carboxylic acids is 1. The number of carbonyl (C=O) groups excluding carboxylic acids is 1. The molecule has 0 aliphatic carbocycles. The number of benzene rings is 1. The van der Waals surface area contributed by atoms with Gasteiger partial charge in [0.15, 0.2) is 0 Å². The molecule has 1 atom stereocenters. The smallest absolute Gasteiger partial charge is 0.326 e. The van der Waals surface area contributed by atoms with E-state index in [1.54, 1.807) is 25.1 Å². The second-order valence-electron chi connectivity index (χ2n) is 4.19. The minimum absolute atomic E-state index is 0.325. The summed E-state index contributed by atoms with van der Waals surface area (Å²) in [5.74, 6) is -1.05. The largest absolute Gasteiger partial charge is 0.480 e. The van der Waals surface area contributed by atoms with Gasteiger partial charge in [-0.05, 0) is 30.5 Å². The molecule has 3 N–H and O–H groups in total. The summed E-state index contributed by atoms with van der Waals surface area (Å²) in [7, 11) is 0. The van der Waals surface area contributed by atoms with Crippen molar-refractivity contribution in [2.24, 2.45) is 0 Å². The lowest BCUT2D eigenvalue weighted by molar-refractivity contribution is -0.139. The van der Waals surface area contributed by atoms with Gasteiger partial charge in [-0.25, -0.2) is 9.59 Å². The first-order chi connectivity index (χ1) is 9.43. The van der Waals surface area contributed by atoms with Gasteiger partial charge < -0.3 is 15.7 Å². The molecule has 0 aliphatic rings. The third-order valence-corrected chi connectivity index (χ3v) is 3.29. The number of rotatable bonds is 6. The minimum atomic E-state index is -1.05. The van der Waals surface area contributed by atoms with Crippen LogP contribution in [0.15, 0.2) is 18.2 Å². The van der Waals surface area contributed by atoms with Crippen LogP contribution >= 0.6 is 23.2 Å². The monoisotopic (exact) mass is 318 g/mol. The molecule has 0 fully saturated rings. The van der Waals surface area contributed by atoms with Crippen LogP contribution in [-0.4, -0.2) is 29.7 Å². The predicted molar refractivity (Wildman–Crippen MR) is 78.4 cm³/mol. The fraction of sp³-hybridized carbons (Fsp3) is 0.385. The van der Waals surface area contributed by atoms with Gasteiger partial charge in [0.25, 0.3) is 0 Å². The Bertz CT molecular complexity index is 495. The van der Waals surface area contributed by atoms with E-state index in [0.29, 0.717) is 29.4 Å². The average Bonchev–Trinajstić information content (AvgIpc) is 2.38. The van der Waals surface area contributed by atoms with Gasteiger partial charge in [0.1, 0.15) is 6.04 Å². The topological polar surface area (TPSA) is 78.4 Å². The summed E-state index contributed by atoms with van der Waals surface area (Å²) < 4.78 is 0. The zero-order chi connectivity index (χ0) is 15.1. The molecular formula is C13H16Cl2N2O3. The molecule has 5 nitrogen and oxygen atoms in total. The zero-order valence-electron chi connectivity index (χ0n) is 11.0. The van der Waals surface area contributed by atoms with Crippen LogP contribution in [0.1, 0.15) is 18.9 Å². The van der Waals surface area contributed by atoms with Crippen LogP contribution in [0.3, 0.4) is 0 Å². The Morgan fingerprint density at radius 2 is 2.05 bits per heavy atom. The molecule has 2 amide bonds. The molecule has 0 spiro atoms. The van der Waals surface area contributed by atoms with Crippen LogP contribution in [0, 0.1) is 0 Å². The number of halogens is 2. The molecule has 0 saturated heterocycles. The van der Waals surface area contributed by atoms with Crippen LogP contribution < -0.4 is 10.6 Å². The third-order valence-electron chi connectivity index (χ3n) is 2.71. The Kier molecular flexibility index (Phi) is 6.61. The lowest BCUT2D eigenvalue weighted by Gasteiger charge is -2.13. The number of hydrogen-bond acceptors (Lipinski definition) is 2. The van der Waals surface area contributed by atoms with E-state index in [1.807, 2.05) is 0 Å². The standard InChI is InChI=1S/C13H16Cl2N2O3/c1-2-11(12(18)19)17-13(20)16-6-5-8-3-4-9(14)7-10(8)15/h3-4,7,11H,2,5-6H2,1H3,(H,18,19)(H2,16,17,20)/t11-/m1/s1. The van der Waals surface area contributed by atoms with Gasteiger partial charge in [-0.1, -0.05) is 36.2 Å². The van der Waals surface area contributed by atoms with Crippen molar-refractivity contribution < 1.29 is 14.7 Å². The summed E-state index contributed by atoms with van der Waals surface area (Å²) in [6.07, 6.45) is 0.860. The first-order valence-electron chi connectivity index (χ1n) is 6.15.